The van der Waals surface area contributed by atoms with Crippen LogP contribution < -0.4 is 0 Å². The molecule has 6 nitrogen and oxygen atoms in total. The standard InChI is InChI=1S/C15H24N4O2/c1-5-6-9-21-12(4)15(20)18-7-8-19-13(10-18)16-17-14(19)11(2)3/h5,11-12H,1,6-10H2,2-4H3/t12-/m1/s1. The van der Waals surface area contributed by atoms with Crippen molar-refractivity contribution < 1.29 is 9.53 Å². The lowest BCUT2D eigenvalue weighted by atomic mass is 10.2. The second kappa shape index (κ2) is 6.85. The van der Waals surface area contributed by atoms with Crippen LogP contribution in [0.2, 0.25) is 0 Å². The number of carbonyl (C=O) groups excluding carboxylic acids is 1. The van der Waals surface area contributed by atoms with Crippen LogP contribution in [0.25, 0.3) is 0 Å². The van der Waals surface area contributed by atoms with Gasteiger partial charge >= 0.3 is 0 Å². The van der Waals surface area contributed by atoms with E-state index in [1.807, 2.05) is 0 Å². The van der Waals surface area contributed by atoms with Gasteiger partial charge in [0.05, 0.1) is 13.2 Å². The van der Waals surface area contributed by atoms with Gasteiger partial charge in [0.15, 0.2) is 5.82 Å². The minimum absolute atomic E-state index is 0.0133. The molecule has 21 heavy (non-hydrogen) atoms. The van der Waals surface area contributed by atoms with Gasteiger partial charge in [-0.1, -0.05) is 19.9 Å². The van der Waals surface area contributed by atoms with E-state index in [2.05, 4.69) is 35.2 Å². The van der Waals surface area contributed by atoms with Crippen molar-refractivity contribution in [3.8, 4) is 0 Å². The Labute approximate surface area is 125 Å². The summed E-state index contributed by atoms with van der Waals surface area (Å²) >= 11 is 0. The Balaban J connectivity index is 1.97. The number of amides is 1. The molecule has 0 aromatic carbocycles. The molecule has 1 amide bonds. The van der Waals surface area contributed by atoms with E-state index in [-0.39, 0.29) is 5.91 Å². The summed E-state index contributed by atoms with van der Waals surface area (Å²) in [6.45, 7) is 12.1. The summed E-state index contributed by atoms with van der Waals surface area (Å²) in [7, 11) is 0. The Bertz CT molecular complexity index is 510. The molecule has 116 valence electrons. The zero-order chi connectivity index (χ0) is 15.4. The van der Waals surface area contributed by atoms with Crippen LogP contribution in [0.4, 0.5) is 0 Å². The van der Waals surface area contributed by atoms with Gasteiger partial charge in [-0.15, -0.1) is 16.8 Å². The second-order valence-corrected chi connectivity index (χ2v) is 5.63. The van der Waals surface area contributed by atoms with Crippen LogP contribution in [-0.4, -0.2) is 44.8 Å². The van der Waals surface area contributed by atoms with Gasteiger partial charge in [0.25, 0.3) is 5.91 Å². The fourth-order valence-electron chi connectivity index (χ4n) is 2.45. The summed E-state index contributed by atoms with van der Waals surface area (Å²) in [4.78, 5) is 14.2. The fraction of sp³-hybridized carbons (Fsp3) is 0.667. The summed E-state index contributed by atoms with van der Waals surface area (Å²) in [5.74, 6) is 2.21. The molecule has 6 heteroatoms. The molecular weight excluding hydrogens is 268 g/mol. The minimum Gasteiger partial charge on any atom is -0.368 e. The molecule has 0 fully saturated rings. The van der Waals surface area contributed by atoms with Gasteiger partial charge in [-0.2, -0.15) is 0 Å². The van der Waals surface area contributed by atoms with Crippen LogP contribution in [-0.2, 0) is 22.6 Å². The van der Waals surface area contributed by atoms with Crippen molar-refractivity contribution in [2.45, 2.75) is 52.3 Å². The molecule has 2 rings (SSSR count). The first-order valence-corrected chi connectivity index (χ1v) is 7.47. The Hall–Kier alpha value is -1.69. The second-order valence-electron chi connectivity index (χ2n) is 5.63. The highest BCUT2D eigenvalue weighted by Gasteiger charge is 2.28. The van der Waals surface area contributed by atoms with Gasteiger partial charge in [-0.05, 0) is 13.3 Å². The smallest absolute Gasteiger partial charge is 0.251 e. The Kier molecular flexibility index (Phi) is 5.12. The minimum atomic E-state index is -0.427. The van der Waals surface area contributed by atoms with E-state index in [0.29, 0.717) is 25.6 Å². The third-order valence-corrected chi connectivity index (χ3v) is 3.65. The number of fused-ring (bicyclic) bond motifs is 1. The molecule has 0 unspecified atom stereocenters. The molecular formula is C15H24N4O2. The molecule has 0 bridgehead atoms. The number of rotatable bonds is 6. The van der Waals surface area contributed by atoms with E-state index in [9.17, 15) is 4.79 Å². The van der Waals surface area contributed by atoms with E-state index in [1.54, 1.807) is 17.9 Å². The SMILES string of the molecule is C=CCCO[C@H](C)C(=O)N1CCn2c(nnc2C(C)C)C1. The van der Waals surface area contributed by atoms with Crippen molar-refractivity contribution in [2.24, 2.45) is 0 Å². The molecule has 0 radical (unpaired) electrons. The number of carbonyl (C=O) groups is 1. The molecule has 0 saturated carbocycles. The molecule has 1 aromatic rings. The van der Waals surface area contributed by atoms with Gasteiger partial charge in [0, 0.05) is 19.0 Å². The molecule has 1 aliphatic rings. The summed E-state index contributed by atoms with van der Waals surface area (Å²) < 4.78 is 7.65. The fourth-order valence-corrected chi connectivity index (χ4v) is 2.45. The number of hydrogen-bond donors (Lipinski definition) is 0. The largest absolute Gasteiger partial charge is 0.368 e. The number of nitrogens with zero attached hydrogens (tertiary/aromatic N) is 4. The van der Waals surface area contributed by atoms with Crippen LogP contribution in [0.1, 0.15) is 44.8 Å². The topological polar surface area (TPSA) is 60.2 Å². The Morgan fingerprint density at radius 3 is 2.81 bits per heavy atom. The van der Waals surface area contributed by atoms with Gasteiger partial charge < -0.3 is 14.2 Å². The summed E-state index contributed by atoms with van der Waals surface area (Å²) in [6.07, 6.45) is 2.11. The highest BCUT2D eigenvalue weighted by molar-refractivity contribution is 5.80. The van der Waals surface area contributed by atoms with Gasteiger partial charge in [-0.3, -0.25) is 4.79 Å². The van der Waals surface area contributed by atoms with Crippen molar-refractivity contribution in [3.05, 3.63) is 24.3 Å². The highest BCUT2D eigenvalue weighted by Crippen LogP contribution is 2.19. The first-order valence-electron chi connectivity index (χ1n) is 7.47. The summed E-state index contributed by atoms with van der Waals surface area (Å²) in [5.41, 5.74) is 0. The Morgan fingerprint density at radius 2 is 2.14 bits per heavy atom. The molecule has 0 spiro atoms. The lowest BCUT2D eigenvalue weighted by Crippen LogP contribution is -2.44. The van der Waals surface area contributed by atoms with E-state index >= 15 is 0 Å². The maximum atomic E-state index is 12.4. The maximum absolute atomic E-state index is 12.4. The highest BCUT2D eigenvalue weighted by atomic mass is 16.5. The van der Waals surface area contributed by atoms with Gasteiger partial charge in [0.2, 0.25) is 0 Å². The predicted octanol–water partition coefficient (Wildman–Crippen LogP) is 1.72. The lowest BCUT2D eigenvalue weighted by molar-refractivity contribution is -0.144. The van der Waals surface area contributed by atoms with E-state index in [4.69, 9.17) is 4.74 Å². The predicted molar refractivity (Wildman–Crippen MR) is 79.8 cm³/mol. The van der Waals surface area contributed by atoms with Crippen LogP contribution >= 0.6 is 0 Å². The normalized spacial score (nSPS) is 15.9. The van der Waals surface area contributed by atoms with Crippen molar-refractivity contribution in [2.75, 3.05) is 13.2 Å². The Morgan fingerprint density at radius 1 is 1.38 bits per heavy atom. The summed E-state index contributed by atoms with van der Waals surface area (Å²) in [5, 5.41) is 8.44. The summed E-state index contributed by atoms with van der Waals surface area (Å²) in [6, 6.07) is 0. The molecule has 1 atom stereocenters. The van der Waals surface area contributed by atoms with Crippen LogP contribution in [0.3, 0.4) is 0 Å². The van der Waals surface area contributed by atoms with Crippen molar-refractivity contribution in [1.82, 2.24) is 19.7 Å². The molecule has 0 saturated heterocycles. The zero-order valence-electron chi connectivity index (χ0n) is 13.1. The average Bonchev–Trinajstić information content (AvgIpc) is 2.89. The van der Waals surface area contributed by atoms with Crippen LogP contribution in [0.15, 0.2) is 12.7 Å². The van der Waals surface area contributed by atoms with E-state index < -0.39 is 6.10 Å². The zero-order valence-corrected chi connectivity index (χ0v) is 13.1. The van der Waals surface area contributed by atoms with Crippen molar-refractivity contribution in [3.63, 3.8) is 0 Å². The molecule has 0 aliphatic carbocycles. The molecule has 0 N–H and O–H groups in total. The molecule has 1 aromatic heterocycles. The quantitative estimate of drug-likeness (QED) is 0.592. The third kappa shape index (κ3) is 3.50. The van der Waals surface area contributed by atoms with Crippen LogP contribution in [0.5, 0.6) is 0 Å². The maximum Gasteiger partial charge on any atom is 0.251 e. The number of ether oxygens (including phenoxy) is 1. The van der Waals surface area contributed by atoms with Gasteiger partial charge in [-0.25, -0.2) is 0 Å². The number of aromatic nitrogens is 3. The average molecular weight is 292 g/mol. The van der Waals surface area contributed by atoms with Crippen molar-refractivity contribution >= 4 is 5.91 Å². The first kappa shape index (κ1) is 15.7. The van der Waals surface area contributed by atoms with E-state index in [0.717, 1.165) is 24.6 Å². The first-order chi connectivity index (χ1) is 10.0. The molecule has 1 aliphatic heterocycles. The van der Waals surface area contributed by atoms with Crippen LogP contribution in [0, 0.1) is 0 Å². The monoisotopic (exact) mass is 292 g/mol. The van der Waals surface area contributed by atoms with E-state index in [1.165, 1.54) is 0 Å². The van der Waals surface area contributed by atoms with Gasteiger partial charge in [0.1, 0.15) is 11.9 Å². The molecule has 2 heterocycles. The number of hydrogen-bond acceptors (Lipinski definition) is 4. The lowest BCUT2D eigenvalue weighted by Gasteiger charge is -2.30. The van der Waals surface area contributed by atoms with Crippen molar-refractivity contribution in [1.29, 1.82) is 0 Å². The third-order valence-electron chi connectivity index (χ3n) is 3.65.